The zero-order valence-electron chi connectivity index (χ0n) is 17.7. The van der Waals surface area contributed by atoms with Gasteiger partial charge in [0.2, 0.25) is 0 Å². The predicted molar refractivity (Wildman–Crippen MR) is 120 cm³/mol. The molecule has 0 N–H and O–H groups in total. The molecule has 1 atom stereocenters. The number of hydrogen-bond donors (Lipinski definition) is 0. The van der Waals surface area contributed by atoms with Gasteiger partial charge in [-0.2, -0.15) is 17.0 Å². The van der Waals surface area contributed by atoms with Crippen LogP contribution in [-0.4, -0.2) is 73.3 Å². The zero-order valence-corrected chi connectivity index (χ0v) is 19.3. The second-order valence-corrected chi connectivity index (χ2v) is 10.9. The summed E-state index contributed by atoms with van der Waals surface area (Å²) in [5.74, 6) is 1.28. The van der Waals surface area contributed by atoms with Gasteiger partial charge in [-0.25, -0.2) is 4.98 Å². The van der Waals surface area contributed by atoms with Crippen LogP contribution in [-0.2, 0) is 16.8 Å². The van der Waals surface area contributed by atoms with Crippen LogP contribution < -0.4 is 4.74 Å². The van der Waals surface area contributed by atoms with Crippen molar-refractivity contribution in [3.8, 4) is 16.3 Å². The number of benzene rings is 1. The fourth-order valence-corrected chi connectivity index (χ4v) is 6.68. The first kappa shape index (κ1) is 21.7. The molecule has 0 radical (unpaired) electrons. The third-order valence-corrected chi connectivity index (χ3v) is 8.82. The van der Waals surface area contributed by atoms with Crippen LogP contribution in [0.25, 0.3) is 10.6 Å². The van der Waals surface area contributed by atoms with Crippen LogP contribution >= 0.6 is 11.3 Å². The second-order valence-electron chi connectivity index (χ2n) is 8.16. The molecule has 2 fully saturated rings. The average Bonchev–Trinajstić information content (AvgIpc) is 3.22. The van der Waals surface area contributed by atoms with E-state index in [2.05, 4.69) is 17.2 Å². The first-order chi connectivity index (χ1) is 14.5. The Morgan fingerprint density at radius 1 is 1.10 bits per heavy atom. The van der Waals surface area contributed by atoms with Crippen LogP contribution in [0.5, 0.6) is 5.75 Å². The molecule has 164 valence electrons. The van der Waals surface area contributed by atoms with Crippen molar-refractivity contribution in [2.24, 2.45) is 5.92 Å². The lowest BCUT2D eigenvalue weighted by molar-refractivity contribution is 0.168. The fourth-order valence-electron chi connectivity index (χ4n) is 4.11. The third-order valence-electron chi connectivity index (χ3n) is 5.88. The van der Waals surface area contributed by atoms with Crippen LogP contribution in [0.15, 0.2) is 29.6 Å². The molecule has 1 aromatic heterocycles. The van der Waals surface area contributed by atoms with E-state index in [-0.39, 0.29) is 0 Å². The summed E-state index contributed by atoms with van der Waals surface area (Å²) in [7, 11) is -1.67. The van der Waals surface area contributed by atoms with Crippen molar-refractivity contribution in [1.82, 2.24) is 18.5 Å². The van der Waals surface area contributed by atoms with E-state index >= 15 is 0 Å². The first-order valence-corrected chi connectivity index (χ1v) is 12.8. The van der Waals surface area contributed by atoms with E-state index in [1.807, 2.05) is 24.3 Å². The summed E-state index contributed by atoms with van der Waals surface area (Å²) >= 11 is 1.64. The Kier molecular flexibility index (Phi) is 6.74. The number of ether oxygens (including phenoxy) is 1. The van der Waals surface area contributed by atoms with Gasteiger partial charge in [0.15, 0.2) is 0 Å². The van der Waals surface area contributed by atoms with E-state index in [1.165, 1.54) is 0 Å². The van der Waals surface area contributed by atoms with Crippen molar-refractivity contribution in [3.05, 3.63) is 35.3 Å². The summed E-state index contributed by atoms with van der Waals surface area (Å²) in [6, 6.07) is 7.93. The normalized spacial score (nSPS) is 22.3. The average molecular weight is 451 g/mol. The van der Waals surface area contributed by atoms with E-state index in [1.54, 1.807) is 27.1 Å². The highest BCUT2D eigenvalue weighted by Crippen LogP contribution is 2.27. The van der Waals surface area contributed by atoms with Crippen molar-refractivity contribution >= 4 is 21.5 Å². The molecule has 0 spiro atoms. The van der Waals surface area contributed by atoms with Gasteiger partial charge in [-0.3, -0.25) is 4.90 Å². The Balaban J connectivity index is 1.32. The van der Waals surface area contributed by atoms with Gasteiger partial charge in [-0.05, 0) is 43.0 Å². The van der Waals surface area contributed by atoms with Gasteiger partial charge < -0.3 is 4.74 Å². The number of nitrogens with zero attached hydrogens (tertiary/aromatic N) is 4. The third kappa shape index (κ3) is 4.86. The maximum absolute atomic E-state index is 13.0. The number of piperidine rings is 1. The number of thiazole rings is 1. The lowest BCUT2D eigenvalue weighted by atomic mass is 10.0. The topological polar surface area (TPSA) is 66.0 Å². The van der Waals surface area contributed by atoms with Gasteiger partial charge in [0.05, 0.1) is 12.8 Å². The minimum Gasteiger partial charge on any atom is -0.497 e. The van der Waals surface area contributed by atoms with Crippen LogP contribution in [0.2, 0.25) is 0 Å². The van der Waals surface area contributed by atoms with Gasteiger partial charge in [0.1, 0.15) is 10.8 Å². The summed E-state index contributed by atoms with van der Waals surface area (Å²) in [4.78, 5) is 7.06. The number of methoxy groups -OCH3 is 1. The Bertz CT molecular complexity index is 937. The van der Waals surface area contributed by atoms with E-state index in [0.717, 1.165) is 54.5 Å². The molecule has 2 aliphatic rings. The van der Waals surface area contributed by atoms with Crippen LogP contribution in [0.3, 0.4) is 0 Å². The van der Waals surface area contributed by atoms with Crippen molar-refractivity contribution in [3.63, 3.8) is 0 Å². The van der Waals surface area contributed by atoms with Crippen molar-refractivity contribution in [2.45, 2.75) is 26.3 Å². The van der Waals surface area contributed by atoms with Crippen molar-refractivity contribution in [1.29, 1.82) is 0 Å². The van der Waals surface area contributed by atoms with Gasteiger partial charge in [-0.15, -0.1) is 11.3 Å². The molecule has 0 bridgehead atoms. The lowest BCUT2D eigenvalue weighted by Gasteiger charge is -2.38. The minimum atomic E-state index is -3.34. The smallest absolute Gasteiger partial charge is 0.282 e. The minimum absolute atomic E-state index is 0.444. The molecule has 2 aliphatic heterocycles. The maximum Gasteiger partial charge on any atom is 0.282 e. The van der Waals surface area contributed by atoms with Gasteiger partial charge in [0.25, 0.3) is 10.2 Å². The summed E-state index contributed by atoms with van der Waals surface area (Å²) in [5.41, 5.74) is 2.12. The second kappa shape index (κ2) is 9.32. The van der Waals surface area contributed by atoms with E-state index in [0.29, 0.717) is 32.1 Å². The predicted octanol–water partition coefficient (Wildman–Crippen LogP) is 2.91. The number of piperazine rings is 1. The summed E-state index contributed by atoms with van der Waals surface area (Å²) in [6.07, 6.45) is 2.08. The summed E-state index contributed by atoms with van der Waals surface area (Å²) in [6.45, 7) is 6.74. The molecule has 0 aliphatic carbocycles. The maximum atomic E-state index is 13.0. The van der Waals surface area contributed by atoms with Crippen LogP contribution in [0.4, 0.5) is 0 Å². The monoisotopic (exact) mass is 450 g/mol. The molecule has 0 amide bonds. The zero-order chi connectivity index (χ0) is 21.1. The van der Waals surface area contributed by atoms with E-state index < -0.39 is 10.2 Å². The summed E-state index contributed by atoms with van der Waals surface area (Å²) < 4.78 is 34.5. The molecule has 30 heavy (non-hydrogen) atoms. The molecule has 1 aromatic carbocycles. The molecule has 4 rings (SSSR count). The highest BCUT2D eigenvalue weighted by atomic mass is 32.2. The molecule has 9 heteroatoms. The Morgan fingerprint density at radius 3 is 2.50 bits per heavy atom. The standard InChI is InChI=1S/C21H30N4O3S2/c1-17-4-3-9-25(14-17)30(26,27)24-12-10-23(11-13-24)15-19-16-29-21(22-19)18-5-7-20(28-2)8-6-18/h5-8,16-17H,3-4,9-15H2,1-2H3. The molecule has 7 nitrogen and oxygen atoms in total. The number of rotatable bonds is 6. The van der Waals surface area contributed by atoms with Crippen molar-refractivity contribution in [2.75, 3.05) is 46.4 Å². The molecule has 1 unspecified atom stereocenters. The van der Waals surface area contributed by atoms with Crippen LogP contribution in [0, 0.1) is 5.92 Å². The highest BCUT2D eigenvalue weighted by Gasteiger charge is 2.34. The van der Waals surface area contributed by atoms with Gasteiger partial charge in [-0.1, -0.05) is 6.92 Å². The molecule has 2 saturated heterocycles. The molecule has 3 heterocycles. The van der Waals surface area contributed by atoms with Gasteiger partial charge >= 0.3 is 0 Å². The number of aromatic nitrogens is 1. The molecular formula is C21H30N4O3S2. The van der Waals surface area contributed by atoms with Crippen molar-refractivity contribution < 1.29 is 13.2 Å². The Labute approximate surface area is 183 Å². The fraction of sp³-hybridized carbons (Fsp3) is 0.571. The van der Waals surface area contributed by atoms with E-state index in [4.69, 9.17) is 9.72 Å². The van der Waals surface area contributed by atoms with Crippen LogP contribution in [0.1, 0.15) is 25.5 Å². The summed E-state index contributed by atoms with van der Waals surface area (Å²) in [5, 5.41) is 3.09. The quantitative estimate of drug-likeness (QED) is 0.677. The molecular weight excluding hydrogens is 420 g/mol. The Morgan fingerprint density at radius 2 is 1.83 bits per heavy atom. The number of hydrogen-bond acceptors (Lipinski definition) is 6. The SMILES string of the molecule is COc1ccc(-c2nc(CN3CCN(S(=O)(=O)N4CCCC(C)C4)CC3)cs2)cc1. The first-order valence-electron chi connectivity index (χ1n) is 10.5. The highest BCUT2D eigenvalue weighted by molar-refractivity contribution is 7.86. The van der Waals surface area contributed by atoms with Gasteiger partial charge in [0, 0.05) is 56.8 Å². The largest absolute Gasteiger partial charge is 0.497 e. The van der Waals surface area contributed by atoms with E-state index in [9.17, 15) is 8.42 Å². The Hall–Kier alpha value is -1.52. The lowest BCUT2D eigenvalue weighted by Crippen LogP contribution is -2.54. The molecule has 0 saturated carbocycles. The molecule has 2 aromatic rings.